The van der Waals surface area contributed by atoms with Crippen molar-refractivity contribution in [3.63, 3.8) is 0 Å². The lowest BCUT2D eigenvalue weighted by Gasteiger charge is -2.22. The molecule has 0 radical (unpaired) electrons. The molecule has 1 heterocycles. The molecule has 0 aliphatic heterocycles. The number of alkyl halides is 3. The van der Waals surface area contributed by atoms with E-state index in [1.54, 1.807) is 48.7 Å². The van der Waals surface area contributed by atoms with E-state index in [0.29, 0.717) is 16.3 Å². The van der Waals surface area contributed by atoms with Crippen LogP contribution in [0.15, 0.2) is 60.0 Å². The van der Waals surface area contributed by atoms with Crippen molar-refractivity contribution in [1.29, 1.82) is 0 Å². The van der Waals surface area contributed by atoms with Crippen LogP contribution in [0.4, 0.5) is 13.2 Å². The molecule has 2 unspecified atom stereocenters. The van der Waals surface area contributed by atoms with Crippen molar-refractivity contribution in [3.05, 3.63) is 60.8 Å². The van der Waals surface area contributed by atoms with Crippen molar-refractivity contribution in [1.82, 2.24) is 9.88 Å². The highest BCUT2D eigenvalue weighted by molar-refractivity contribution is 7.84. The first-order chi connectivity index (χ1) is 14.4. The van der Waals surface area contributed by atoms with Gasteiger partial charge in [0.05, 0.1) is 17.3 Å². The molecule has 1 aromatic heterocycles. The number of aliphatic carboxylic acids is 1. The van der Waals surface area contributed by atoms with Crippen LogP contribution < -0.4 is 0 Å². The van der Waals surface area contributed by atoms with E-state index in [-0.39, 0.29) is 5.70 Å². The van der Waals surface area contributed by atoms with E-state index in [4.69, 9.17) is 5.11 Å². The van der Waals surface area contributed by atoms with Crippen molar-refractivity contribution in [2.75, 3.05) is 19.8 Å². The predicted octanol–water partition coefficient (Wildman–Crippen LogP) is 5.17. The van der Waals surface area contributed by atoms with Crippen molar-refractivity contribution < 1.29 is 27.3 Å². The molecule has 5 nitrogen and oxygen atoms in total. The number of hydrogen-bond donors (Lipinski definition) is 2. The van der Waals surface area contributed by atoms with E-state index in [1.807, 2.05) is 6.92 Å². The number of nitrogens with zero attached hydrogens (tertiary/aromatic N) is 1. The average molecular weight is 457 g/mol. The average Bonchev–Trinajstić information content (AvgIpc) is 3.15. The fourth-order valence-corrected chi connectivity index (χ4v) is 3.16. The minimum atomic E-state index is -4.44. The van der Waals surface area contributed by atoms with E-state index in [9.17, 15) is 22.2 Å². The van der Waals surface area contributed by atoms with Crippen LogP contribution in [0.3, 0.4) is 0 Å². The smallest absolute Gasteiger partial charge is 0.394 e. The Bertz CT molecular complexity index is 951. The van der Waals surface area contributed by atoms with Crippen LogP contribution in [0.25, 0.3) is 17.0 Å². The van der Waals surface area contributed by atoms with Gasteiger partial charge in [0.15, 0.2) is 0 Å². The molecular formula is C22H27F3N2O3S. The summed E-state index contributed by atoms with van der Waals surface area (Å²) in [6.07, 6.45) is -0.139. The SMILES string of the molecule is C=CC.CC(/C=C(/c1ccc(-c2cccc(S(C)=O)c2)[nH]1)N(C)CC(=O)O)C(F)(F)F. The molecule has 0 bridgehead atoms. The molecule has 0 aliphatic rings. The van der Waals surface area contributed by atoms with Gasteiger partial charge in [0.1, 0.15) is 6.54 Å². The summed E-state index contributed by atoms with van der Waals surface area (Å²) in [6, 6.07) is 10.3. The highest BCUT2D eigenvalue weighted by Gasteiger charge is 2.35. The minimum Gasteiger partial charge on any atom is -0.480 e. The Kier molecular flexibility index (Phi) is 9.77. The number of rotatable bonds is 7. The number of aromatic nitrogens is 1. The number of halogens is 3. The van der Waals surface area contributed by atoms with Crippen LogP contribution in [0.5, 0.6) is 0 Å². The third-order valence-electron chi connectivity index (χ3n) is 4.15. The fraction of sp³-hybridized carbons (Fsp3) is 0.318. The first-order valence-electron chi connectivity index (χ1n) is 9.32. The summed E-state index contributed by atoms with van der Waals surface area (Å²) in [6.45, 7) is 5.81. The number of carboxylic acids is 1. The number of aromatic amines is 1. The van der Waals surface area contributed by atoms with Crippen LogP contribution in [0, 0.1) is 5.92 Å². The molecule has 9 heteroatoms. The van der Waals surface area contributed by atoms with Crippen LogP contribution in [-0.2, 0) is 15.6 Å². The Morgan fingerprint density at radius 3 is 2.45 bits per heavy atom. The summed E-state index contributed by atoms with van der Waals surface area (Å²) in [7, 11) is 0.250. The third kappa shape index (κ3) is 8.09. The Morgan fingerprint density at radius 2 is 1.94 bits per heavy atom. The second-order valence-corrected chi connectivity index (χ2v) is 8.19. The molecule has 31 heavy (non-hydrogen) atoms. The molecule has 0 spiro atoms. The zero-order chi connectivity index (χ0) is 23.8. The zero-order valence-corrected chi connectivity index (χ0v) is 18.7. The van der Waals surface area contributed by atoms with Crippen molar-refractivity contribution >= 4 is 22.5 Å². The van der Waals surface area contributed by atoms with Gasteiger partial charge < -0.3 is 15.0 Å². The predicted molar refractivity (Wildman–Crippen MR) is 118 cm³/mol. The maximum Gasteiger partial charge on any atom is 0.394 e. The number of carbonyl (C=O) groups is 1. The standard InChI is InChI=1S/C19H21F3N2O3S.C3H6/c1-12(19(20,21)22)9-17(24(2)11-18(25)26)16-8-7-15(23-16)13-5-4-6-14(10-13)28(3)27;1-3-2/h4-10,12,23H,11H2,1-3H3,(H,25,26);3H,1H2,2H3/b17-9-;. The first kappa shape index (κ1) is 26.2. The van der Waals surface area contributed by atoms with Crippen molar-refractivity contribution in [3.8, 4) is 11.3 Å². The quantitative estimate of drug-likeness (QED) is 0.564. The lowest BCUT2D eigenvalue weighted by atomic mass is 10.1. The Balaban J connectivity index is 0.00000151. The maximum atomic E-state index is 13.0. The number of carboxylic acid groups (broad SMARTS) is 1. The summed E-state index contributed by atoms with van der Waals surface area (Å²) >= 11 is 0. The van der Waals surface area contributed by atoms with Gasteiger partial charge in [0.25, 0.3) is 0 Å². The van der Waals surface area contributed by atoms with Gasteiger partial charge in [-0.25, -0.2) is 0 Å². The van der Waals surface area contributed by atoms with Gasteiger partial charge in [-0.05, 0) is 42.8 Å². The second kappa shape index (κ2) is 11.5. The molecule has 0 saturated heterocycles. The van der Waals surface area contributed by atoms with E-state index < -0.39 is 35.4 Å². The number of H-pyrrole nitrogens is 1. The molecule has 170 valence electrons. The molecular weight excluding hydrogens is 429 g/mol. The van der Waals surface area contributed by atoms with Crippen LogP contribution >= 0.6 is 0 Å². The van der Waals surface area contributed by atoms with Crippen molar-refractivity contribution in [2.24, 2.45) is 5.92 Å². The topological polar surface area (TPSA) is 73.4 Å². The highest BCUT2D eigenvalue weighted by Crippen LogP contribution is 2.31. The fourth-order valence-electron chi connectivity index (χ4n) is 2.60. The molecule has 2 N–H and O–H groups in total. The summed E-state index contributed by atoms with van der Waals surface area (Å²) in [4.78, 5) is 15.9. The van der Waals surface area contributed by atoms with Gasteiger partial charge in [-0.2, -0.15) is 13.2 Å². The summed E-state index contributed by atoms with van der Waals surface area (Å²) < 4.78 is 50.7. The summed E-state index contributed by atoms with van der Waals surface area (Å²) in [5, 5.41) is 9.01. The van der Waals surface area contributed by atoms with E-state index in [0.717, 1.165) is 18.6 Å². The van der Waals surface area contributed by atoms with E-state index in [1.165, 1.54) is 11.9 Å². The molecule has 2 rings (SSSR count). The minimum absolute atomic E-state index is 0.133. The third-order valence-corrected chi connectivity index (χ3v) is 5.06. The first-order valence-corrected chi connectivity index (χ1v) is 10.9. The summed E-state index contributed by atoms with van der Waals surface area (Å²) in [5.41, 5.74) is 1.84. The normalized spacial score (nSPS) is 13.6. The molecule has 2 aromatic rings. The van der Waals surface area contributed by atoms with Crippen LogP contribution in [-0.4, -0.2) is 51.2 Å². The van der Waals surface area contributed by atoms with Gasteiger partial charge in [-0.3, -0.25) is 9.00 Å². The molecule has 0 amide bonds. The van der Waals surface area contributed by atoms with E-state index in [2.05, 4.69) is 11.6 Å². The monoisotopic (exact) mass is 456 g/mol. The number of likely N-dealkylation sites (N-methyl/N-ethyl adjacent to an activating group) is 1. The van der Waals surface area contributed by atoms with Crippen molar-refractivity contribution in [2.45, 2.75) is 24.9 Å². The Morgan fingerprint density at radius 1 is 1.32 bits per heavy atom. The number of benzene rings is 1. The highest BCUT2D eigenvalue weighted by atomic mass is 32.2. The van der Waals surface area contributed by atoms with Gasteiger partial charge in [0.2, 0.25) is 0 Å². The number of nitrogens with one attached hydrogen (secondary N) is 1. The summed E-state index contributed by atoms with van der Waals surface area (Å²) in [5.74, 6) is -2.91. The Hall–Kier alpha value is -2.81. The Labute approximate surface area is 182 Å². The lowest BCUT2D eigenvalue weighted by molar-refractivity contribution is -0.156. The lowest BCUT2D eigenvalue weighted by Crippen LogP contribution is -2.26. The van der Waals surface area contributed by atoms with Gasteiger partial charge >= 0.3 is 12.1 Å². The number of hydrogen-bond acceptors (Lipinski definition) is 3. The molecule has 0 aliphatic carbocycles. The van der Waals surface area contributed by atoms with Crippen LogP contribution in [0.2, 0.25) is 0 Å². The maximum absolute atomic E-state index is 13.0. The number of allylic oxidation sites excluding steroid dienone is 2. The van der Waals surface area contributed by atoms with Gasteiger partial charge in [-0.1, -0.05) is 25.1 Å². The van der Waals surface area contributed by atoms with Crippen LogP contribution in [0.1, 0.15) is 19.5 Å². The molecule has 0 saturated carbocycles. The van der Waals surface area contributed by atoms with E-state index >= 15 is 0 Å². The molecule has 2 atom stereocenters. The molecule has 0 fully saturated rings. The zero-order valence-electron chi connectivity index (χ0n) is 17.9. The molecule has 1 aromatic carbocycles. The van der Waals surface area contributed by atoms with Gasteiger partial charge in [0, 0.05) is 34.7 Å². The largest absolute Gasteiger partial charge is 0.480 e. The second-order valence-electron chi connectivity index (χ2n) is 6.81. The van der Waals surface area contributed by atoms with Gasteiger partial charge in [-0.15, -0.1) is 6.58 Å².